The number of fused-ring (bicyclic) bond motifs is 5. The summed E-state index contributed by atoms with van der Waals surface area (Å²) in [4.78, 5) is 73.1. The molecule has 1 saturated carbocycles. The first-order valence-electron chi connectivity index (χ1n) is 17.4. The van der Waals surface area contributed by atoms with Crippen molar-refractivity contribution in [1.82, 2.24) is 25.4 Å². The van der Waals surface area contributed by atoms with Crippen molar-refractivity contribution in [3.8, 4) is 5.75 Å². The van der Waals surface area contributed by atoms with Crippen molar-refractivity contribution in [3.63, 3.8) is 0 Å². The molecule has 0 bridgehead atoms. The maximum absolute atomic E-state index is 14.2. The molecule has 50 heavy (non-hydrogen) atoms. The quantitative estimate of drug-likeness (QED) is 0.344. The monoisotopic (exact) mass is 693 g/mol. The molecule has 5 atom stereocenters. The van der Waals surface area contributed by atoms with Gasteiger partial charge in [-0.3, -0.25) is 9.59 Å². The number of allylic oxidation sites excluding steroid dienone is 1. The molecule has 4 amide bonds. The van der Waals surface area contributed by atoms with Crippen LogP contribution in [0.1, 0.15) is 77.0 Å². The van der Waals surface area contributed by atoms with Gasteiger partial charge in [-0.05, 0) is 76.6 Å². The Labute approximate surface area is 290 Å². The average Bonchev–Trinajstić information content (AvgIpc) is 3.40. The summed E-state index contributed by atoms with van der Waals surface area (Å²) in [6.45, 7) is 5.78. The summed E-state index contributed by atoms with van der Waals surface area (Å²) in [7, 11) is 1.62. The van der Waals surface area contributed by atoms with Crippen molar-refractivity contribution in [3.05, 3.63) is 41.6 Å². The van der Waals surface area contributed by atoms with Gasteiger partial charge in [0.1, 0.15) is 35.1 Å². The van der Waals surface area contributed by atoms with Gasteiger partial charge in [0.05, 0.1) is 20.2 Å². The number of carboxylic acids is 1. The number of carbonyl (C=O) groups excluding carboxylic acids is 4. The molecule has 6 rings (SSSR count). The number of alkyl carbamates (subject to hydrolysis) is 1. The number of hydrogen-bond donors (Lipinski definition) is 4. The zero-order valence-corrected chi connectivity index (χ0v) is 29.1. The molecule has 1 aliphatic carbocycles. The molecule has 1 aromatic carbocycles. The molecule has 0 spiro atoms. The van der Waals surface area contributed by atoms with E-state index >= 15 is 0 Å². The summed E-state index contributed by atoms with van der Waals surface area (Å²) in [5.74, 6) is -1.93. The third-order valence-electron chi connectivity index (χ3n) is 10.0. The summed E-state index contributed by atoms with van der Waals surface area (Å²) >= 11 is 0. The largest absolute Gasteiger partial charge is 0.497 e. The van der Waals surface area contributed by atoms with Crippen molar-refractivity contribution in [2.24, 2.45) is 5.92 Å². The van der Waals surface area contributed by atoms with Crippen molar-refractivity contribution in [2.75, 3.05) is 20.2 Å². The minimum absolute atomic E-state index is 0.0239. The predicted molar refractivity (Wildman–Crippen MR) is 181 cm³/mol. The van der Waals surface area contributed by atoms with E-state index in [0.29, 0.717) is 32.4 Å². The Balaban J connectivity index is 1.21. The number of H-pyrrole nitrogens is 1. The number of nitrogens with zero attached hydrogens (tertiary/aromatic N) is 2. The summed E-state index contributed by atoms with van der Waals surface area (Å²) in [6.07, 6.45) is 5.69. The van der Waals surface area contributed by atoms with Gasteiger partial charge in [0, 0.05) is 35.5 Å². The van der Waals surface area contributed by atoms with Gasteiger partial charge < -0.3 is 44.7 Å². The van der Waals surface area contributed by atoms with Gasteiger partial charge in [-0.1, -0.05) is 25.0 Å². The standard InChI is InChI=1S/C36H47N5O9/c1-35(2,3)50-33(46)38-27-11-9-7-5-6-8-10-21-18-36(21,32(44)45)39-30(42)29-17-23(19-41(29)31(27)43)49-34(47)40-15-14-24-25-16-22(48-4)12-13-26(25)37-28(24)20-40/h8,10,12-13,16,21,23,27,29,37H,5-7,9,11,14-15,17-20H2,1-4H3,(H,38,46)(H,39,42)(H,44,45)/b10-8-/t21-,23-,27+,29+,36-/m1/s1. The van der Waals surface area contributed by atoms with Crippen molar-refractivity contribution in [2.45, 2.75) is 108 Å². The number of ether oxygens (including phenoxy) is 3. The Kier molecular flexibility index (Phi) is 9.73. The summed E-state index contributed by atoms with van der Waals surface area (Å²) < 4.78 is 16.8. The van der Waals surface area contributed by atoms with E-state index < -0.39 is 59.3 Å². The molecule has 2 fully saturated rings. The van der Waals surface area contributed by atoms with Gasteiger partial charge in [-0.25, -0.2) is 14.4 Å². The van der Waals surface area contributed by atoms with Gasteiger partial charge in [-0.2, -0.15) is 0 Å². The fraction of sp³-hybridized carbons (Fsp3) is 0.583. The van der Waals surface area contributed by atoms with Crippen LogP contribution in [-0.4, -0.2) is 99.4 Å². The second kappa shape index (κ2) is 13.9. The van der Waals surface area contributed by atoms with Crippen LogP contribution in [0, 0.1) is 5.92 Å². The normalized spacial score (nSPS) is 27.8. The van der Waals surface area contributed by atoms with Crippen LogP contribution in [0.5, 0.6) is 5.75 Å². The Morgan fingerprint density at radius 1 is 1.12 bits per heavy atom. The van der Waals surface area contributed by atoms with Crippen LogP contribution in [0.25, 0.3) is 10.9 Å². The van der Waals surface area contributed by atoms with Crippen molar-refractivity contribution in [1.29, 1.82) is 0 Å². The maximum atomic E-state index is 14.2. The molecular formula is C36H47N5O9. The smallest absolute Gasteiger partial charge is 0.410 e. The van der Waals surface area contributed by atoms with Crippen LogP contribution in [0.15, 0.2) is 30.4 Å². The molecule has 14 nitrogen and oxygen atoms in total. The minimum atomic E-state index is -1.47. The van der Waals surface area contributed by atoms with E-state index in [1.54, 1.807) is 32.8 Å². The number of nitrogens with one attached hydrogen (secondary N) is 3. The van der Waals surface area contributed by atoms with E-state index in [-0.39, 0.29) is 25.3 Å². The number of amides is 4. The topological polar surface area (TPSA) is 180 Å². The lowest BCUT2D eigenvalue weighted by atomic mass is 10.0. The fourth-order valence-electron chi connectivity index (χ4n) is 7.32. The third kappa shape index (κ3) is 7.38. The fourth-order valence-corrected chi connectivity index (χ4v) is 7.32. The number of benzene rings is 1. The number of hydrogen-bond acceptors (Lipinski definition) is 8. The summed E-state index contributed by atoms with van der Waals surface area (Å²) in [6, 6.07) is 3.66. The number of aromatic amines is 1. The number of carboxylic acid groups (broad SMARTS) is 1. The highest BCUT2D eigenvalue weighted by Crippen LogP contribution is 2.45. The Hall–Kier alpha value is -4.75. The number of aromatic nitrogens is 1. The van der Waals surface area contributed by atoms with Gasteiger partial charge in [0.15, 0.2) is 0 Å². The lowest BCUT2D eigenvalue weighted by Gasteiger charge is -2.30. The second-order valence-corrected chi connectivity index (χ2v) is 14.8. The van der Waals surface area contributed by atoms with Crippen LogP contribution in [0.4, 0.5) is 9.59 Å². The van der Waals surface area contributed by atoms with E-state index in [1.807, 2.05) is 30.4 Å². The van der Waals surface area contributed by atoms with Crippen molar-refractivity contribution < 1.29 is 43.3 Å². The molecule has 0 radical (unpaired) electrons. The number of rotatable bonds is 4. The lowest BCUT2D eigenvalue weighted by Crippen LogP contribution is -2.56. The highest BCUT2D eigenvalue weighted by atomic mass is 16.6. The minimum Gasteiger partial charge on any atom is -0.497 e. The molecule has 4 aliphatic rings. The number of methoxy groups -OCH3 is 1. The zero-order valence-electron chi connectivity index (χ0n) is 29.1. The van der Waals surface area contributed by atoms with E-state index in [0.717, 1.165) is 47.2 Å². The van der Waals surface area contributed by atoms with Gasteiger partial charge >= 0.3 is 18.2 Å². The van der Waals surface area contributed by atoms with Gasteiger partial charge in [0.25, 0.3) is 0 Å². The van der Waals surface area contributed by atoms with E-state index in [4.69, 9.17) is 14.2 Å². The van der Waals surface area contributed by atoms with Crippen molar-refractivity contribution >= 4 is 40.9 Å². The molecule has 0 unspecified atom stereocenters. The van der Waals surface area contributed by atoms with Crippen LogP contribution < -0.4 is 15.4 Å². The first-order chi connectivity index (χ1) is 23.8. The van der Waals surface area contributed by atoms with Gasteiger partial charge in [0.2, 0.25) is 11.8 Å². The SMILES string of the molecule is COc1ccc2[nH]c3c(c2c1)CCN(C(=O)O[C@@H]1C[C@H]2C(=O)N[C@]4(C(=O)O)C[C@H]4/C=C\CCCCC[C@H](NC(=O)OC(C)(C)C)C(=O)N2C1)C3. The molecule has 1 aromatic heterocycles. The van der Waals surface area contributed by atoms with E-state index in [9.17, 15) is 29.1 Å². The van der Waals surface area contributed by atoms with Crippen LogP contribution in [0.3, 0.4) is 0 Å². The maximum Gasteiger partial charge on any atom is 0.410 e. The second-order valence-electron chi connectivity index (χ2n) is 14.8. The average molecular weight is 694 g/mol. The zero-order chi connectivity index (χ0) is 35.8. The molecule has 4 N–H and O–H groups in total. The highest BCUT2D eigenvalue weighted by molar-refractivity contribution is 5.96. The van der Waals surface area contributed by atoms with E-state index in [2.05, 4.69) is 15.6 Å². The molecule has 2 aromatic rings. The van der Waals surface area contributed by atoms with Crippen LogP contribution in [-0.2, 0) is 36.8 Å². The molecule has 270 valence electrons. The Morgan fingerprint density at radius 3 is 2.66 bits per heavy atom. The number of carbonyl (C=O) groups is 5. The Bertz CT molecular complexity index is 1700. The predicted octanol–water partition coefficient (Wildman–Crippen LogP) is 4.01. The first-order valence-corrected chi connectivity index (χ1v) is 17.4. The lowest BCUT2D eigenvalue weighted by molar-refractivity contribution is -0.145. The first kappa shape index (κ1) is 35.1. The highest BCUT2D eigenvalue weighted by Gasteiger charge is 2.61. The number of aliphatic carboxylic acids is 1. The molecule has 4 heterocycles. The Morgan fingerprint density at radius 2 is 1.92 bits per heavy atom. The molecule has 14 heteroatoms. The van der Waals surface area contributed by atoms with Crippen LogP contribution in [0.2, 0.25) is 0 Å². The summed E-state index contributed by atoms with van der Waals surface area (Å²) in [5, 5.41) is 16.6. The van der Waals surface area contributed by atoms with E-state index in [1.165, 1.54) is 4.90 Å². The summed E-state index contributed by atoms with van der Waals surface area (Å²) in [5.41, 5.74) is 0.683. The molecular weight excluding hydrogens is 646 g/mol. The van der Waals surface area contributed by atoms with Gasteiger partial charge in [-0.15, -0.1) is 0 Å². The van der Waals surface area contributed by atoms with Crippen LogP contribution >= 0.6 is 0 Å². The molecule has 3 aliphatic heterocycles. The third-order valence-corrected chi connectivity index (χ3v) is 10.0. The molecule has 1 saturated heterocycles.